The predicted molar refractivity (Wildman–Crippen MR) is 170 cm³/mol. The van der Waals surface area contributed by atoms with Crippen molar-refractivity contribution in [3.05, 3.63) is 72.1 Å². The summed E-state index contributed by atoms with van der Waals surface area (Å²) in [5.41, 5.74) is 2.31. The zero-order valence-corrected chi connectivity index (χ0v) is 26.4. The van der Waals surface area contributed by atoms with Crippen molar-refractivity contribution in [3.63, 3.8) is 0 Å². The Kier molecular flexibility index (Phi) is 8.99. The number of aromatic nitrogens is 4. The molecule has 12 heteroatoms. The van der Waals surface area contributed by atoms with Crippen LogP contribution < -0.4 is 5.32 Å². The fourth-order valence-corrected chi connectivity index (χ4v) is 6.36. The van der Waals surface area contributed by atoms with Crippen LogP contribution in [0.5, 0.6) is 0 Å². The lowest BCUT2D eigenvalue weighted by Crippen LogP contribution is -2.45. The van der Waals surface area contributed by atoms with E-state index in [9.17, 15) is 18.4 Å². The highest BCUT2D eigenvalue weighted by atomic mass is 19.2. The van der Waals surface area contributed by atoms with E-state index >= 15 is 0 Å². The first kappa shape index (κ1) is 31.5. The van der Waals surface area contributed by atoms with E-state index in [2.05, 4.69) is 20.2 Å². The summed E-state index contributed by atoms with van der Waals surface area (Å²) >= 11 is 0. The number of likely N-dealkylation sites (tertiary alicyclic amines) is 2. The summed E-state index contributed by atoms with van der Waals surface area (Å²) in [6.45, 7) is 8.95. The Labute approximate surface area is 266 Å². The quantitative estimate of drug-likeness (QED) is 0.270. The summed E-state index contributed by atoms with van der Waals surface area (Å²) in [4.78, 5) is 43.5. The number of fused-ring (bicyclic) bond motifs is 1. The second-order valence-corrected chi connectivity index (χ2v) is 13.1. The summed E-state index contributed by atoms with van der Waals surface area (Å²) in [7, 11) is 0. The van der Waals surface area contributed by atoms with Crippen LogP contribution in [-0.4, -0.2) is 73.1 Å². The summed E-state index contributed by atoms with van der Waals surface area (Å²) in [5, 5.41) is 2.69. The Morgan fingerprint density at radius 3 is 2.41 bits per heavy atom. The smallest absolute Gasteiger partial charge is 0.413 e. The van der Waals surface area contributed by atoms with Crippen LogP contribution in [0.25, 0.3) is 22.6 Å². The van der Waals surface area contributed by atoms with Crippen molar-refractivity contribution in [2.45, 2.75) is 64.6 Å². The minimum atomic E-state index is -0.920. The highest BCUT2D eigenvalue weighted by Crippen LogP contribution is 2.34. The van der Waals surface area contributed by atoms with Gasteiger partial charge in [-0.05, 0) is 108 Å². The Morgan fingerprint density at radius 2 is 1.70 bits per heavy atom. The van der Waals surface area contributed by atoms with Gasteiger partial charge in [0, 0.05) is 49.6 Å². The fourth-order valence-electron chi connectivity index (χ4n) is 6.36. The number of halogens is 2. The van der Waals surface area contributed by atoms with E-state index in [1.165, 1.54) is 12.1 Å². The molecule has 10 nitrogen and oxygen atoms in total. The van der Waals surface area contributed by atoms with Gasteiger partial charge >= 0.3 is 6.09 Å². The molecule has 4 aromatic rings. The van der Waals surface area contributed by atoms with Crippen molar-refractivity contribution in [3.8, 4) is 11.4 Å². The lowest BCUT2D eigenvalue weighted by Gasteiger charge is -2.38. The standard InChI is InChI=1S/C34H39F2N7O3/c1-34(2,3)46-33(45)40-29-19-22(8-14-37-29)21-41-15-9-23(10-16-41)32(44)42-17-11-25(12-18-42)43-30(24-6-7-26(35)27(36)20-24)39-28-5-4-13-38-31(28)43/h4-8,13-14,19-20,23,25H,9-12,15-18,21H2,1-3H3,(H,37,40,45). The average Bonchev–Trinajstić information content (AvgIpc) is 3.41. The maximum absolute atomic E-state index is 14.2. The molecule has 0 radical (unpaired) electrons. The van der Waals surface area contributed by atoms with Gasteiger partial charge in [0.1, 0.15) is 22.8 Å². The molecule has 2 aliphatic heterocycles. The number of ether oxygens (including phenoxy) is 1. The lowest BCUT2D eigenvalue weighted by atomic mass is 9.93. The van der Waals surface area contributed by atoms with Crippen molar-refractivity contribution >= 4 is 29.0 Å². The highest BCUT2D eigenvalue weighted by Gasteiger charge is 2.33. The zero-order valence-electron chi connectivity index (χ0n) is 26.4. The lowest BCUT2D eigenvalue weighted by molar-refractivity contribution is -0.138. The van der Waals surface area contributed by atoms with E-state index in [0.717, 1.165) is 37.6 Å². The van der Waals surface area contributed by atoms with Gasteiger partial charge in [0.05, 0.1) is 0 Å². The van der Waals surface area contributed by atoms with E-state index in [1.807, 2.05) is 48.4 Å². The summed E-state index contributed by atoms with van der Waals surface area (Å²) < 4.78 is 35.2. The summed E-state index contributed by atoms with van der Waals surface area (Å²) in [5.74, 6) is -0.663. The van der Waals surface area contributed by atoms with Crippen LogP contribution in [0.3, 0.4) is 0 Å². The number of carbonyl (C=O) groups is 2. The van der Waals surface area contributed by atoms with Crippen LogP contribution in [0.2, 0.25) is 0 Å². The van der Waals surface area contributed by atoms with Crippen molar-refractivity contribution in [2.24, 2.45) is 5.92 Å². The van der Waals surface area contributed by atoms with Gasteiger partial charge in [0.15, 0.2) is 17.3 Å². The molecular weight excluding hydrogens is 592 g/mol. The first-order chi connectivity index (χ1) is 22.0. The largest absolute Gasteiger partial charge is 0.444 e. The molecule has 2 aliphatic rings. The zero-order chi connectivity index (χ0) is 32.4. The van der Waals surface area contributed by atoms with Gasteiger partial charge in [-0.3, -0.25) is 15.0 Å². The van der Waals surface area contributed by atoms with Gasteiger partial charge in [-0.1, -0.05) is 0 Å². The van der Waals surface area contributed by atoms with Gasteiger partial charge in [0.25, 0.3) is 0 Å². The Morgan fingerprint density at radius 1 is 0.935 bits per heavy atom. The SMILES string of the molecule is CC(C)(C)OC(=O)Nc1cc(CN2CCC(C(=O)N3CCC(n4c(-c5ccc(F)c(F)c5)nc5cccnc54)CC3)CC2)ccn1. The van der Waals surface area contributed by atoms with E-state index in [-0.39, 0.29) is 17.9 Å². The molecule has 5 heterocycles. The van der Waals surface area contributed by atoms with Crippen LogP contribution in [0.4, 0.5) is 19.4 Å². The molecular formula is C34H39F2N7O3. The van der Waals surface area contributed by atoms with E-state index < -0.39 is 23.3 Å². The van der Waals surface area contributed by atoms with Crippen LogP contribution >= 0.6 is 0 Å². The molecule has 0 bridgehead atoms. The molecule has 0 unspecified atom stereocenters. The monoisotopic (exact) mass is 631 g/mol. The van der Waals surface area contributed by atoms with Gasteiger partial charge < -0.3 is 14.2 Å². The molecule has 0 spiro atoms. The summed E-state index contributed by atoms with van der Waals surface area (Å²) in [6.07, 6.45) is 5.82. The molecule has 2 saturated heterocycles. The second-order valence-electron chi connectivity index (χ2n) is 13.1. The van der Waals surface area contributed by atoms with Gasteiger partial charge in [-0.25, -0.2) is 28.5 Å². The average molecular weight is 632 g/mol. The van der Waals surface area contributed by atoms with Crippen molar-refractivity contribution < 1.29 is 23.1 Å². The van der Waals surface area contributed by atoms with E-state index in [0.29, 0.717) is 60.8 Å². The van der Waals surface area contributed by atoms with Crippen LogP contribution in [0.15, 0.2) is 54.9 Å². The van der Waals surface area contributed by atoms with Gasteiger partial charge in [-0.15, -0.1) is 0 Å². The van der Waals surface area contributed by atoms with Crippen LogP contribution in [0, 0.1) is 17.6 Å². The molecule has 2 amide bonds. The molecule has 242 valence electrons. The number of imidazole rings is 1. The second kappa shape index (κ2) is 13.1. The number of nitrogens with zero attached hydrogens (tertiary/aromatic N) is 6. The maximum Gasteiger partial charge on any atom is 0.413 e. The Balaban J connectivity index is 1.04. The molecule has 0 atom stereocenters. The summed E-state index contributed by atoms with van der Waals surface area (Å²) in [6, 6.07) is 11.3. The first-order valence-corrected chi connectivity index (χ1v) is 15.8. The number of rotatable bonds is 6. The number of nitrogens with one attached hydrogen (secondary N) is 1. The van der Waals surface area contributed by atoms with Gasteiger partial charge in [-0.2, -0.15) is 0 Å². The van der Waals surface area contributed by atoms with E-state index in [1.54, 1.807) is 18.5 Å². The maximum atomic E-state index is 14.2. The topological polar surface area (TPSA) is 105 Å². The molecule has 1 aromatic carbocycles. The number of piperidine rings is 2. The Bertz CT molecular complexity index is 1720. The Hall–Kier alpha value is -4.45. The van der Waals surface area contributed by atoms with Crippen molar-refractivity contribution in [1.82, 2.24) is 29.3 Å². The first-order valence-electron chi connectivity index (χ1n) is 15.8. The van der Waals surface area contributed by atoms with Crippen LogP contribution in [0.1, 0.15) is 58.1 Å². The number of carbonyl (C=O) groups excluding carboxylic acids is 2. The minimum Gasteiger partial charge on any atom is -0.444 e. The number of hydrogen-bond acceptors (Lipinski definition) is 7. The van der Waals surface area contributed by atoms with Gasteiger partial charge in [0.2, 0.25) is 5.91 Å². The third-order valence-electron chi connectivity index (χ3n) is 8.56. The molecule has 3 aromatic heterocycles. The van der Waals surface area contributed by atoms with E-state index in [4.69, 9.17) is 9.72 Å². The number of pyridine rings is 2. The molecule has 1 N–H and O–H groups in total. The number of benzene rings is 1. The molecule has 0 saturated carbocycles. The normalized spacial score (nSPS) is 16.9. The molecule has 46 heavy (non-hydrogen) atoms. The third kappa shape index (κ3) is 7.17. The molecule has 6 rings (SSSR count). The number of anilines is 1. The van der Waals surface area contributed by atoms with Crippen LogP contribution in [-0.2, 0) is 16.1 Å². The molecule has 2 fully saturated rings. The molecule has 0 aliphatic carbocycles. The fraction of sp³-hybridized carbons (Fsp3) is 0.441. The van der Waals surface area contributed by atoms with Crippen molar-refractivity contribution in [2.75, 3.05) is 31.5 Å². The van der Waals surface area contributed by atoms with Crippen molar-refractivity contribution in [1.29, 1.82) is 0 Å². The number of hydrogen-bond donors (Lipinski definition) is 1. The highest BCUT2D eigenvalue weighted by molar-refractivity contribution is 5.83. The minimum absolute atomic E-state index is 0.0176. The number of amides is 2. The predicted octanol–water partition coefficient (Wildman–Crippen LogP) is 6.19. The third-order valence-corrected chi connectivity index (χ3v) is 8.56.